The molecule has 0 spiro atoms. The molecular formula is C16H24BrNO2. The molecule has 2 N–H and O–H groups in total. The number of ether oxygens (including phenoxy) is 2. The number of rotatable bonds is 5. The van der Waals surface area contributed by atoms with Gasteiger partial charge in [0.15, 0.2) is 11.5 Å². The van der Waals surface area contributed by atoms with Gasteiger partial charge in [-0.3, -0.25) is 0 Å². The molecule has 1 aliphatic carbocycles. The standard InChI is InChI=1S/C16H24BrNO2/c1-3-12-6-4-5-7-14(12)20-16-13(17)8-11(10-18)9-15(16)19-2/h8-9,12,14H,3-7,10,18H2,1-2H3. The van der Waals surface area contributed by atoms with E-state index in [-0.39, 0.29) is 0 Å². The molecule has 4 heteroatoms. The lowest BCUT2D eigenvalue weighted by Crippen LogP contribution is -2.30. The van der Waals surface area contributed by atoms with Gasteiger partial charge >= 0.3 is 0 Å². The van der Waals surface area contributed by atoms with E-state index in [2.05, 4.69) is 22.9 Å². The molecule has 1 saturated carbocycles. The number of nitrogens with two attached hydrogens (primary N) is 1. The average Bonchev–Trinajstić information content (AvgIpc) is 2.49. The summed E-state index contributed by atoms with van der Waals surface area (Å²) in [5, 5.41) is 0. The number of halogens is 1. The van der Waals surface area contributed by atoms with Gasteiger partial charge in [-0.05, 0) is 65.2 Å². The highest BCUT2D eigenvalue weighted by atomic mass is 79.9. The van der Waals surface area contributed by atoms with E-state index < -0.39 is 0 Å². The number of benzene rings is 1. The molecule has 0 saturated heterocycles. The second-order valence-corrected chi connectivity index (χ2v) is 6.28. The fraction of sp³-hybridized carbons (Fsp3) is 0.625. The minimum absolute atomic E-state index is 0.294. The minimum Gasteiger partial charge on any atom is -0.493 e. The van der Waals surface area contributed by atoms with Crippen molar-refractivity contribution in [1.29, 1.82) is 0 Å². The van der Waals surface area contributed by atoms with E-state index in [0.29, 0.717) is 18.6 Å². The molecular weight excluding hydrogens is 318 g/mol. The Morgan fingerprint density at radius 2 is 2.05 bits per heavy atom. The smallest absolute Gasteiger partial charge is 0.175 e. The molecule has 0 aromatic heterocycles. The maximum absolute atomic E-state index is 6.30. The van der Waals surface area contributed by atoms with Gasteiger partial charge in [-0.15, -0.1) is 0 Å². The van der Waals surface area contributed by atoms with Gasteiger partial charge in [-0.25, -0.2) is 0 Å². The van der Waals surface area contributed by atoms with Crippen LogP contribution in [0.1, 0.15) is 44.6 Å². The third-order valence-corrected chi connectivity index (χ3v) is 4.75. The summed E-state index contributed by atoms with van der Waals surface area (Å²) in [5.41, 5.74) is 6.74. The van der Waals surface area contributed by atoms with E-state index in [1.165, 1.54) is 25.7 Å². The summed E-state index contributed by atoms with van der Waals surface area (Å²) in [7, 11) is 1.67. The van der Waals surface area contributed by atoms with Crippen molar-refractivity contribution in [2.45, 2.75) is 51.7 Å². The van der Waals surface area contributed by atoms with Crippen LogP contribution in [0.3, 0.4) is 0 Å². The largest absolute Gasteiger partial charge is 0.493 e. The number of hydrogen-bond donors (Lipinski definition) is 1. The number of methoxy groups -OCH3 is 1. The Kier molecular flexibility index (Phi) is 5.73. The Morgan fingerprint density at radius 1 is 1.30 bits per heavy atom. The molecule has 3 nitrogen and oxygen atoms in total. The van der Waals surface area contributed by atoms with Gasteiger partial charge in [-0.2, -0.15) is 0 Å². The lowest BCUT2D eigenvalue weighted by Gasteiger charge is -2.32. The molecule has 2 atom stereocenters. The molecule has 0 heterocycles. The van der Waals surface area contributed by atoms with Crippen LogP contribution in [-0.4, -0.2) is 13.2 Å². The molecule has 0 radical (unpaired) electrons. The zero-order chi connectivity index (χ0) is 14.5. The Hall–Kier alpha value is -0.740. The normalized spacial score (nSPS) is 22.6. The maximum atomic E-state index is 6.30. The van der Waals surface area contributed by atoms with Gasteiger partial charge in [0.2, 0.25) is 0 Å². The molecule has 112 valence electrons. The first-order chi connectivity index (χ1) is 9.69. The van der Waals surface area contributed by atoms with Crippen LogP contribution < -0.4 is 15.2 Å². The average molecular weight is 342 g/mol. The van der Waals surface area contributed by atoms with Gasteiger partial charge in [0.25, 0.3) is 0 Å². The van der Waals surface area contributed by atoms with Crippen molar-refractivity contribution in [3.05, 3.63) is 22.2 Å². The first kappa shape index (κ1) is 15.6. The molecule has 1 fully saturated rings. The topological polar surface area (TPSA) is 44.5 Å². The fourth-order valence-corrected chi connectivity index (χ4v) is 3.54. The summed E-state index contributed by atoms with van der Waals surface area (Å²) in [4.78, 5) is 0. The van der Waals surface area contributed by atoms with Crippen molar-refractivity contribution in [2.24, 2.45) is 11.7 Å². The Morgan fingerprint density at radius 3 is 2.70 bits per heavy atom. The lowest BCUT2D eigenvalue weighted by atomic mass is 9.85. The van der Waals surface area contributed by atoms with E-state index in [4.69, 9.17) is 15.2 Å². The van der Waals surface area contributed by atoms with E-state index >= 15 is 0 Å². The maximum Gasteiger partial charge on any atom is 0.175 e. The Labute approximate surface area is 130 Å². The van der Waals surface area contributed by atoms with Crippen LogP contribution >= 0.6 is 15.9 Å². The van der Waals surface area contributed by atoms with Gasteiger partial charge in [0, 0.05) is 6.54 Å². The first-order valence-electron chi connectivity index (χ1n) is 7.42. The summed E-state index contributed by atoms with van der Waals surface area (Å²) in [6, 6.07) is 3.98. The van der Waals surface area contributed by atoms with Crippen molar-refractivity contribution in [1.82, 2.24) is 0 Å². The highest BCUT2D eigenvalue weighted by molar-refractivity contribution is 9.10. The zero-order valence-electron chi connectivity index (χ0n) is 12.3. The predicted octanol–water partition coefficient (Wildman–Crippen LogP) is 4.26. The van der Waals surface area contributed by atoms with Crippen LogP contribution in [0.25, 0.3) is 0 Å². The molecule has 0 bridgehead atoms. The Balaban J connectivity index is 2.23. The first-order valence-corrected chi connectivity index (χ1v) is 8.22. The second kappa shape index (κ2) is 7.32. The summed E-state index contributed by atoms with van der Waals surface area (Å²) in [5.74, 6) is 2.23. The quantitative estimate of drug-likeness (QED) is 0.869. The second-order valence-electron chi connectivity index (χ2n) is 5.42. The van der Waals surface area contributed by atoms with Gasteiger partial charge in [-0.1, -0.05) is 13.3 Å². The number of hydrogen-bond acceptors (Lipinski definition) is 3. The molecule has 20 heavy (non-hydrogen) atoms. The van der Waals surface area contributed by atoms with Crippen LogP contribution in [0.4, 0.5) is 0 Å². The van der Waals surface area contributed by atoms with Crippen molar-refractivity contribution in [2.75, 3.05) is 7.11 Å². The summed E-state index contributed by atoms with van der Waals surface area (Å²) in [6.45, 7) is 2.74. The molecule has 0 amide bonds. The minimum atomic E-state index is 0.294. The molecule has 1 aromatic carbocycles. The Bertz CT molecular complexity index is 450. The predicted molar refractivity (Wildman–Crippen MR) is 85.3 cm³/mol. The van der Waals surface area contributed by atoms with E-state index in [1.807, 2.05) is 12.1 Å². The van der Waals surface area contributed by atoms with Crippen molar-refractivity contribution in [3.63, 3.8) is 0 Å². The van der Waals surface area contributed by atoms with Crippen LogP contribution in [0, 0.1) is 5.92 Å². The molecule has 1 aliphatic rings. The highest BCUT2D eigenvalue weighted by Crippen LogP contribution is 2.40. The molecule has 2 unspecified atom stereocenters. The van der Waals surface area contributed by atoms with Crippen molar-refractivity contribution < 1.29 is 9.47 Å². The summed E-state index contributed by atoms with van der Waals surface area (Å²) < 4.78 is 12.7. The third kappa shape index (κ3) is 3.47. The van der Waals surface area contributed by atoms with Gasteiger partial charge in [0.05, 0.1) is 11.6 Å². The SMILES string of the molecule is CCC1CCCCC1Oc1c(Br)cc(CN)cc1OC. The van der Waals surface area contributed by atoms with Crippen LogP contribution in [0.2, 0.25) is 0 Å². The van der Waals surface area contributed by atoms with Crippen molar-refractivity contribution in [3.8, 4) is 11.5 Å². The van der Waals surface area contributed by atoms with Crippen LogP contribution in [0.5, 0.6) is 11.5 Å². The lowest BCUT2D eigenvalue weighted by molar-refractivity contribution is 0.0865. The molecule has 2 rings (SSSR count). The summed E-state index contributed by atoms with van der Waals surface area (Å²) >= 11 is 3.59. The third-order valence-electron chi connectivity index (χ3n) is 4.16. The van der Waals surface area contributed by atoms with Crippen molar-refractivity contribution >= 4 is 15.9 Å². The molecule has 1 aromatic rings. The fourth-order valence-electron chi connectivity index (χ4n) is 2.95. The zero-order valence-corrected chi connectivity index (χ0v) is 13.9. The summed E-state index contributed by atoms with van der Waals surface area (Å²) in [6.07, 6.45) is 6.44. The van der Waals surface area contributed by atoms with Gasteiger partial charge < -0.3 is 15.2 Å². The van der Waals surface area contributed by atoms with Crippen LogP contribution in [-0.2, 0) is 6.54 Å². The van der Waals surface area contributed by atoms with E-state index in [9.17, 15) is 0 Å². The van der Waals surface area contributed by atoms with Gasteiger partial charge in [0.1, 0.15) is 6.10 Å². The highest BCUT2D eigenvalue weighted by Gasteiger charge is 2.27. The van der Waals surface area contributed by atoms with Crippen LogP contribution in [0.15, 0.2) is 16.6 Å². The van der Waals surface area contributed by atoms with E-state index in [1.54, 1.807) is 7.11 Å². The van der Waals surface area contributed by atoms with E-state index in [0.717, 1.165) is 28.0 Å². The molecule has 0 aliphatic heterocycles. The monoisotopic (exact) mass is 341 g/mol.